The van der Waals surface area contributed by atoms with Gasteiger partial charge in [0.25, 0.3) is 0 Å². The summed E-state index contributed by atoms with van der Waals surface area (Å²) in [6.45, 7) is 10.2. The molecule has 0 amide bonds. The molecule has 0 saturated carbocycles. The minimum Gasteiger partial charge on any atom is -0.361 e. The smallest absolute Gasteiger partial charge is 0.129 e. The molecule has 4 rings (SSSR count). The molecule has 2 N–H and O–H groups in total. The third-order valence-corrected chi connectivity index (χ3v) is 6.00. The van der Waals surface area contributed by atoms with Crippen molar-refractivity contribution in [2.75, 3.05) is 6.54 Å². The quantitative estimate of drug-likeness (QED) is 0.526. The molecule has 32 heavy (non-hydrogen) atoms. The molecule has 0 saturated heterocycles. The molecule has 4 nitrogen and oxygen atoms in total. The summed E-state index contributed by atoms with van der Waals surface area (Å²) in [6.07, 6.45) is 0.924. The summed E-state index contributed by atoms with van der Waals surface area (Å²) in [4.78, 5) is 4.85. The van der Waals surface area contributed by atoms with Gasteiger partial charge in [0.05, 0.1) is 24.2 Å². The molecule has 4 heteroatoms. The fourth-order valence-corrected chi connectivity index (χ4v) is 4.36. The maximum atomic E-state index is 9.65. The Balaban J connectivity index is 1.59. The number of aliphatic imine (C=N–C) groups is 1. The van der Waals surface area contributed by atoms with Crippen LogP contribution < -0.4 is 10.6 Å². The van der Waals surface area contributed by atoms with E-state index in [2.05, 4.69) is 92.9 Å². The Hall–Kier alpha value is -3.16. The molecule has 1 aliphatic heterocycles. The lowest BCUT2D eigenvalue weighted by Crippen LogP contribution is -2.25. The van der Waals surface area contributed by atoms with Crippen LogP contribution in [0.3, 0.4) is 0 Å². The summed E-state index contributed by atoms with van der Waals surface area (Å²) < 4.78 is 0. The van der Waals surface area contributed by atoms with Crippen molar-refractivity contribution in [2.45, 2.75) is 52.7 Å². The molecular weight excluding hydrogens is 392 g/mol. The first-order valence-corrected chi connectivity index (χ1v) is 11.5. The molecule has 1 unspecified atom stereocenters. The van der Waals surface area contributed by atoms with E-state index < -0.39 is 0 Å². The molecule has 3 aromatic carbocycles. The fraction of sp³-hybridized carbons (Fsp3) is 0.357. The second-order valence-corrected chi connectivity index (χ2v) is 9.37. The van der Waals surface area contributed by atoms with Gasteiger partial charge in [-0.25, -0.2) is 0 Å². The Morgan fingerprint density at radius 1 is 1.03 bits per heavy atom. The normalized spacial score (nSPS) is 15.8. The maximum absolute atomic E-state index is 9.65. The SMILES string of the molecule is CC(C)Cc1ccc(C2CN=C(c3ccc(CNC(C)C)c4ccccc34)N2)cc1C#N. The lowest BCUT2D eigenvalue weighted by molar-refractivity contribution is 0.590. The highest BCUT2D eigenvalue weighted by Gasteiger charge is 2.23. The maximum Gasteiger partial charge on any atom is 0.129 e. The van der Waals surface area contributed by atoms with Gasteiger partial charge in [-0.3, -0.25) is 4.99 Å². The van der Waals surface area contributed by atoms with Gasteiger partial charge in [0.1, 0.15) is 5.84 Å². The van der Waals surface area contributed by atoms with E-state index in [1.54, 1.807) is 0 Å². The van der Waals surface area contributed by atoms with Crippen LogP contribution in [-0.2, 0) is 13.0 Å². The number of hydrogen-bond donors (Lipinski definition) is 2. The van der Waals surface area contributed by atoms with E-state index in [1.165, 1.54) is 16.3 Å². The molecular formula is C28H32N4. The third kappa shape index (κ3) is 4.69. The van der Waals surface area contributed by atoms with Crippen molar-refractivity contribution >= 4 is 16.6 Å². The molecule has 0 bridgehead atoms. The van der Waals surface area contributed by atoms with Gasteiger partial charge in [-0.1, -0.05) is 76.2 Å². The zero-order valence-corrected chi connectivity index (χ0v) is 19.4. The van der Waals surface area contributed by atoms with Gasteiger partial charge in [0, 0.05) is 18.2 Å². The molecule has 1 aliphatic rings. The van der Waals surface area contributed by atoms with Crippen LogP contribution in [0.15, 0.2) is 59.6 Å². The van der Waals surface area contributed by atoms with Crippen LogP contribution in [0.5, 0.6) is 0 Å². The summed E-state index contributed by atoms with van der Waals surface area (Å²) in [5.41, 5.74) is 5.46. The summed E-state index contributed by atoms with van der Waals surface area (Å²) in [5, 5.41) is 19.3. The Morgan fingerprint density at radius 3 is 2.50 bits per heavy atom. The van der Waals surface area contributed by atoms with Crippen LogP contribution >= 0.6 is 0 Å². The number of nitriles is 1. The number of hydrogen-bond acceptors (Lipinski definition) is 4. The minimum atomic E-state index is 0.0891. The van der Waals surface area contributed by atoms with Gasteiger partial charge in [0.15, 0.2) is 0 Å². The van der Waals surface area contributed by atoms with E-state index in [4.69, 9.17) is 4.99 Å². The minimum absolute atomic E-state index is 0.0891. The van der Waals surface area contributed by atoms with Gasteiger partial charge >= 0.3 is 0 Å². The highest BCUT2D eigenvalue weighted by Crippen LogP contribution is 2.28. The van der Waals surface area contributed by atoms with Crippen molar-refractivity contribution in [3.63, 3.8) is 0 Å². The van der Waals surface area contributed by atoms with Crippen molar-refractivity contribution < 1.29 is 0 Å². The second-order valence-electron chi connectivity index (χ2n) is 9.37. The number of rotatable bonds is 7. The van der Waals surface area contributed by atoms with Crippen LogP contribution in [0.4, 0.5) is 0 Å². The van der Waals surface area contributed by atoms with Crippen LogP contribution in [-0.4, -0.2) is 18.4 Å². The Labute approximate surface area is 191 Å². The van der Waals surface area contributed by atoms with Crippen LogP contribution in [0.1, 0.15) is 61.6 Å². The van der Waals surface area contributed by atoms with Gasteiger partial charge in [0.2, 0.25) is 0 Å². The van der Waals surface area contributed by atoms with Gasteiger partial charge < -0.3 is 10.6 Å². The van der Waals surface area contributed by atoms with E-state index in [0.717, 1.165) is 41.1 Å². The second kappa shape index (κ2) is 9.54. The molecule has 1 heterocycles. The van der Waals surface area contributed by atoms with E-state index in [1.807, 2.05) is 6.07 Å². The highest BCUT2D eigenvalue weighted by molar-refractivity contribution is 6.11. The highest BCUT2D eigenvalue weighted by atomic mass is 15.1. The largest absolute Gasteiger partial charge is 0.361 e. The monoisotopic (exact) mass is 424 g/mol. The lowest BCUT2D eigenvalue weighted by Gasteiger charge is -2.17. The van der Waals surface area contributed by atoms with E-state index in [-0.39, 0.29) is 6.04 Å². The Morgan fingerprint density at radius 2 is 1.78 bits per heavy atom. The third-order valence-electron chi connectivity index (χ3n) is 6.00. The fourth-order valence-electron chi connectivity index (χ4n) is 4.36. The number of benzene rings is 3. The molecule has 3 aromatic rings. The van der Waals surface area contributed by atoms with Crippen molar-refractivity contribution in [3.8, 4) is 6.07 Å². The predicted octanol–water partition coefficient (Wildman–Crippen LogP) is 5.50. The van der Waals surface area contributed by atoms with Gasteiger partial charge in [-0.15, -0.1) is 0 Å². The first-order valence-electron chi connectivity index (χ1n) is 11.5. The molecule has 1 atom stereocenters. The van der Waals surface area contributed by atoms with Crippen molar-refractivity contribution in [3.05, 3.63) is 82.4 Å². The van der Waals surface area contributed by atoms with E-state index in [9.17, 15) is 5.26 Å². The molecule has 0 fully saturated rings. The van der Waals surface area contributed by atoms with Gasteiger partial charge in [-0.05, 0) is 45.9 Å². The topological polar surface area (TPSA) is 60.2 Å². The molecule has 0 aliphatic carbocycles. The van der Waals surface area contributed by atoms with Crippen LogP contribution in [0.25, 0.3) is 10.8 Å². The summed E-state index contributed by atoms with van der Waals surface area (Å²) in [6, 6.07) is 22.2. The number of amidine groups is 1. The standard InChI is InChI=1S/C28H32N4/c1-18(2)13-20-9-10-21(14-23(20)15-29)27-17-31-28(32-27)26-12-11-22(16-30-19(3)4)24-7-5-6-8-25(24)26/h5-12,14,18-19,27,30H,13,16-17H2,1-4H3,(H,31,32). The molecule has 0 aromatic heterocycles. The number of nitrogens with zero attached hydrogens (tertiary/aromatic N) is 2. The lowest BCUT2D eigenvalue weighted by atomic mass is 9.94. The zero-order valence-electron chi connectivity index (χ0n) is 19.4. The first-order chi connectivity index (χ1) is 15.5. The Bertz CT molecular complexity index is 1180. The number of fused-ring (bicyclic) bond motifs is 1. The van der Waals surface area contributed by atoms with Crippen molar-refractivity contribution in [1.29, 1.82) is 5.26 Å². The Kier molecular flexibility index (Phi) is 6.58. The van der Waals surface area contributed by atoms with Crippen molar-refractivity contribution in [1.82, 2.24) is 10.6 Å². The number of nitrogens with one attached hydrogen (secondary N) is 2. The molecule has 0 spiro atoms. The molecule has 164 valence electrons. The van der Waals surface area contributed by atoms with Gasteiger partial charge in [-0.2, -0.15) is 5.26 Å². The van der Waals surface area contributed by atoms with Crippen molar-refractivity contribution in [2.24, 2.45) is 10.9 Å². The summed E-state index contributed by atoms with van der Waals surface area (Å²) in [5.74, 6) is 1.46. The zero-order chi connectivity index (χ0) is 22.7. The van der Waals surface area contributed by atoms with Crippen LogP contribution in [0.2, 0.25) is 0 Å². The first kappa shape index (κ1) is 22.0. The van der Waals surface area contributed by atoms with E-state index in [0.29, 0.717) is 18.5 Å². The van der Waals surface area contributed by atoms with Crippen LogP contribution in [0, 0.1) is 17.2 Å². The van der Waals surface area contributed by atoms with E-state index >= 15 is 0 Å². The summed E-state index contributed by atoms with van der Waals surface area (Å²) >= 11 is 0. The average Bonchev–Trinajstić information content (AvgIpc) is 3.27. The average molecular weight is 425 g/mol. The predicted molar refractivity (Wildman–Crippen MR) is 133 cm³/mol. The molecule has 0 radical (unpaired) electrons. The summed E-state index contributed by atoms with van der Waals surface area (Å²) in [7, 11) is 0.